The van der Waals surface area contributed by atoms with Gasteiger partial charge in [-0.2, -0.15) is 0 Å². The molecule has 1 amide bonds. The Morgan fingerprint density at radius 1 is 1.45 bits per heavy atom. The molecule has 0 aliphatic carbocycles. The van der Waals surface area contributed by atoms with Crippen LogP contribution in [0.2, 0.25) is 0 Å². The van der Waals surface area contributed by atoms with E-state index >= 15 is 0 Å². The zero-order valence-electron chi connectivity index (χ0n) is 12.8. The third-order valence-corrected chi connectivity index (χ3v) is 4.02. The third kappa shape index (κ3) is 4.54. The van der Waals surface area contributed by atoms with Gasteiger partial charge in [-0.3, -0.25) is 4.79 Å². The number of thiazole rings is 1. The number of nitrogens with one attached hydrogen (secondary N) is 1. The van der Waals surface area contributed by atoms with E-state index in [0.29, 0.717) is 25.2 Å². The summed E-state index contributed by atoms with van der Waals surface area (Å²) in [6.45, 7) is 4.88. The van der Waals surface area contributed by atoms with Gasteiger partial charge in [0.2, 0.25) is 0 Å². The van der Waals surface area contributed by atoms with Crippen molar-refractivity contribution >= 4 is 17.2 Å². The van der Waals surface area contributed by atoms with E-state index in [1.54, 1.807) is 5.38 Å². The molecule has 1 unspecified atom stereocenters. The zero-order chi connectivity index (χ0) is 15.9. The van der Waals surface area contributed by atoms with Crippen LogP contribution in [0.25, 0.3) is 0 Å². The highest BCUT2D eigenvalue weighted by Crippen LogP contribution is 2.17. The van der Waals surface area contributed by atoms with Crippen LogP contribution in [-0.4, -0.2) is 30.1 Å². The lowest BCUT2D eigenvalue weighted by Crippen LogP contribution is -2.33. The van der Waals surface area contributed by atoms with Gasteiger partial charge < -0.3 is 15.8 Å². The van der Waals surface area contributed by atoms with E-state index < -0.39 is 0 Å². The second kappa shape index (κ2) is 7.91. The summed E-state index contributed by atoms with van der Waals surface area (Å²) in [6, 6.07) is 7.82. The van der Waals surface area contributed by atoms with E-state index in [1.807, 2.05) is 38.1 Å². The number of amides is 1. The fraction of sp³-hybridized carbons (Fsp3) is 0.375. The van der Waals surface area contributed by atoms with E-state index in [0.717, 1.165) is 16.3 Å². The Labute approximate surface area is 134 Å². The average Bonchev–Trinajstić information content (AvgIpc) is 2.96. The van der Waals surface area contributed by atoms with Gasteiger partial charge in [-0.15, -0.1) is 11.3 Å². The quantitative estimate of drug-likeness (QED) is 0.820. The van der Waals surface area contributed by atoms with Crippen LogP contribution in [0.5, 0.6) is 5.75 Å². The number of aryl methyl sites for hydroxylation is 1. The van der Waals surface area contributed by atoms with E-state index in [2.05, 4.69) is 10.3 Å². The van der Waals surface area contributed by atoms with Crippen molar-refractivity contribution in [2.24, 2.45) is 5.73 Å². The smallest absolute Gasteiger partial charge is 0.270 e. The standard InChI is InChI=1S/C16H21N3O2S/c1-11-5-3-4-6-14(11)21-12(2)9-18-16(20)13-10-22-15(19-13)7-8-17/h3-6,10,12H,7-9,17H2,1-2H3,(H,18,20). The molecule has 6 heteroatoms. The first-order valence-corrected chi connectivity index (χ1v) is 8.13. The molecule has 1 aromatic heterocycles. The van der Waals surface area contributed by atoms with Crippen molar-refractivity contribution in [3.8, 4) is 5.75 Å². The molecule has 5 nitrogen and oxygen atoms in total. The Balaban J connectivity index is 1.83. The minimum Gasteiger partial charge on any atom is -0.489 e. The Kier molecular flexibility index (Phi) is 5.91. The summed E-state index contributed by atoms with van der Waals surface area (Å²) in [7, 11) is 0. The number of rotatable bonds is 7. The molecule has 118 valence electrons. The van der Waals surface area contributed by atoms with Crippen LogP contribution in [0.1, 0.15) is 28.0 Å². The Morgan fingerprint density at radius 2 is 2.23 bits per heavy atom. The maximum Gasteiger partial charge on any atom is 0.270 e. The number of nitrogens with two attached hydrogens (primary N) is 1. The summed E-state index contributed by atoms with van der Waals surface area (Å²) in [4.78, 5) is 16.3. The fourth-order valence-corrected chi connectivity index (χ4v) is 2.72. The summed E-state index contributed by atoms with van der Waals surface area (Å²) < 4.78 is 5.83. The van der Waals surface area contributed by atoms with Gasteiger partial charge in [0, 0.05) is 11.8 Å². The van der Waals surface area contributed by atoms with Gasteiger partial charge in [0.05, 0.1) is 11.6 Å². The van der Waals surface area contributed by atoms with Gasteiger partial charge in [-0.25, -0.2) is 4.98 Å². The van der Waals surface area contributed by atoms with Gasteiger partial charge in [-0.05, 0) is 32.0 Å². The van der Waals surface area contributed by atoms with Crippen LogP contribution in [0.15, 0.2) is 29.6 Å². The molecule has 0 aliphatic rings. The van der Waals surface area contributed by atoms with Crippen molar-refractivity contribution in [2.45, 2.75) is 26.4 Å². The van der Waals surface area contributed by atoms with Crippen molar-refractivity contribution in [1.29, 1.82) is 0 Å². The number of hydrogen-bond acceptors (Lipinski definition) is 5. The minimum atomic E-state index is -0.181. The lowest BCUT2D eigenvalue weighted by Gasteiger charge is -2.16. The number of benzene rings is 1. The van der Waals surface area contributed by atoms with E-state index in [1.165, 1.54) is 11.3 Å². The molecular weight excluding hydrogens is 298 g/mol. The van der Waals surface area contributed by atoms with Gasteiger partial charge >= 0.3 is 0 Å². The molecule has 0 aliphatic heterocycles. The maximum atomic E-state index is 12.0. The number of aromatic nitrogens is 1. The maximum absolute atomic E-state index is 12.0. The molecule has 22 heavy (non-hydrogen) atoms. The Hall–Kier alpha value is -1.92. The predicted molar refractivity (Wildman–Crippen MR) is 88.5 cm³/mol. The molecule has 2 aromatic rings. The number of hydrogen-bond donors (Lipinski definition) is 2. The normalized spacial score (nSPS) is 12.0. The van der Waals surface area contributed by atoms with Gasteiger partial charge in [0.1, 0.15) is 17.5 Å². The molecule has 0 spiro atoms. The van der Waals surface area contributed by atoms with Crippen LogP contribution < -0.4 is 15.8 Å². The predicted octanol–water partition coefficient (Wildman–Crippen LogP) is 2.15. The molecule has 0 saturated carbocycles. The molecule has 2 rings (SSSR count). The summed E-state index contributed by atoms with van der Waals surface area (Å²) in [5, 5.41) is 5.49. The molecule has 1 atom stereocenters. The van der Waals surface area contributed by atoms with E-state index in [-0.39, 0.29) is 12.0 Å². The monoisotopic (exact) mass is 319 g/mol. The van der Waals surface area contributed by atoms with Crippen molar-refractivity contribution in [2.75, 3.05) is 13.1 Å². The molecule has 1 aromatic carbocycles. The van der Waals surface area contributed by atoms with Crippen LogP contribution in [-0.2, 0) is 6.42 Å². The topological polar surface area (TPSA) is 77.2 Å². The van der Waals surface area contributed by atoms with Crippen LogP contribution in [0, 0.1) is 6.92 Å². The number of carbonyl (C=O) groups excluding carboxylic acids is 1. The number of carbonyl (C=O) groups is 1. The Bertz CT molecular complexity index is 627. The molecule has 0 fully saturated rings. The highest BCUT2D eigenvalue weighted by atomic mass is 32.1. The Morgan fingerprint density at radius 3 is 2.95 bits per heavy atom. The lowest BCUT2D eigenvalue weighted by molar-refractivity contribution is 0.0927. The third-order valence-electron chi connectivity index (χ3n) is 3.11. The number of ether oxygens (including phenoxy) is 1. The first kappa shape index (κ1) is 16.5. The lowest BCUT2D eigenvalue weighted by atomic mass is 10.2. The summed E-state index contributed by atoms with van der Waals surface area (Å²) in [5.74, 6) is 0.655. The van der Waals surface area contributed by atoms with Gasteiger partial charge in [0.25, 0.3) is 5.91 Å². The first-order chi connectivity index (χ1) is 10.6. The van der Waals surface area contributed by atoms with Gasteiger partial charge in [0.15, 0.2) is 0 Å². The van der Waals surface area contributed by atoms with Crippen LogP contribution in [0.4, 0.5) is 0 Å². The van der Waals surface area contributed by atoms with E-state index in [4.69, 9.17) is 10.5 Å². The van der Waals surface area contributed by atoms with Crippen molar-refractivity contribution in [1.82, 2.24) is 10.3 Å². The number of para-hydroxylation sites is 1. The summed E-state index contributed by atoms with van der Waals surface area (Å²) in [5.41, 5.74) is 7.00. The fourth-order valence-electron chi connectivity index (χ4n) is 1.93. The molecular formula is C16H21N3O2S. The largest absolute Gasteiger partial charge is 0.489 e. The minimum absolute atomic E-state index is 0.118. The summed E-state index contributed by atoms with van der Waals surface area (Å²) >= 11 is 1.46. The second-order valence-electron chi connectivity index (χ2n) is 5.07. The summed E-state index contributed by atoms with van der Waals surface area (Å²) in [6.07, 6.45) is 0.581. The van der Waals surface area contributed by atoms with Gasteiger partial charge in [-0.1, -0.05) is 18.2 Å². The van der Waals surface area contributed by atoms with Crippen LogP contribution in [0.3, 0.4) is 0 Å². The highest BCUT2D eigenvalue weighted by molar-refractivity contribution is 7.09. The molecule has 3 N–H and O–H groups in total. The molecule has 0 radical (unpaired) electrons. The molecule has 1 heterocycles. The van der Waals surface area contributed by atoms with Crippen molar-refractivity contribution in [3.05, 3.63) is 45.9 Å². The van der Waals surface area contributed by atoms with E-state index in [9.17, 15) is 4.79 Å². The van der Waals surface area contributed by atoms with Crippen molar-refractivity contribution < 1.29 is 9.53 Å². The average molecular weight is 319 g/mol. The first-order valence-electron chi connectivity index (χ1n) is 7.25. The number of nitrogens with zero attached hydrogens (tertiary/aromatic N) is 1. The molecule has 0 saturated heterocycles. The van der Waals surface area contributed by atoms with Crippen molar-refractivity contribution in [3.63, 3.8) is 0 Å². The van der Waals surface area contributed by atoms with Crippen LogP contribution >= 0.6 is 11.3 Å². The zero-order valence-corrected chi connectivity index (χ0v) is 13.7. The molecule has 0 bridgehead atoms. The SMILES string of the molecule is Cc1ccccc1OC(C)CNC(=O)c1csc(CCN)n1. The highest BCUT2D eigenvalue weighted by Gasteiger charge is 2.12. The second-order valence-corrected chi connectivity index (χ2v) is 6.01.